The Balaban J connectivity index is 3.79. The van der Waals surface area contributed by atoms with Crippen LogP contribution in [0.1, 0.15) is 13.8 Å². The van der Waals surface area contributed by atoms with Crippen molar-refractivity contribution in [2.75, 3.05) is 0 Å². The smallest absolute Gasteiger partial charge is 0.216 e. The van der Waals surface area contributed by atoms with Crippen molar-refractivity contribution in [3.05, 3.63) is 0 Å². The summed E-state index contributed by atoms with van der Waals surface area (Å²) in [6.07, 6.45) is 0. The Morgan fingerprint density at radius 2 is 1.86 bits per heavy atom. The van der Waals surface area contributed by atoms with Gasteiger partial charge in [0.2, 0.25) is 5.12 Å². The van der Waals surface area contributed by atoms with E-state index < -0.39 is 10.7 Å². The molecule has 0 heterocycles. The summed E-state index contributed by atoms with van der Waals surface area (Å²) in [6, 6.07) is 0. The lowest BCUT2D eigenvalue weighted by molar-refractivity contribution is -0.124. The molecule has 0 aromatic heterocycles. The van der Waals surface area contributed by atoms with Crippen LogP contribution < -0.4 is 0 Å². The van der Waals surface area contributed by atoms with Crippen LogP contribution in [0, 0.1) is 0 Å². The summed E-state index contributed by atoms with van der Waals surface area (Å²) >= 11 is 3.39. The van der Waals surface area contributed by atoms with E-state index in [2.05, 4.69) is 12.6 Å². The molecule has 0 amide bonds. The Morgan fingerprint density at radius 1 is 1.71 bits per heavy atom. The van der Waals surface area contributed by atoms with Gasteiger partial charge in [0.05, 0.1) is 0 Å². The molecule has 0 saturated carbocycles. The third-order valence-electron chi connectivity index (χ3n) is 0.523. The average Bonchev–Trinajstić information content (AvgIpc) is 1.31. The van der Waals surface area contributed by atoms with Gasteiger partial charge in [-0.3, -0.25) is 4.79 Å². The number of hydrogen-bond acceptors (Lipinski definition) is 2. The Morgan fingerprint density at radius 3 is 1.86 bits per heavy atom. The summed E-state index contributed by atoms with van der Waals surface area (Å²) in [6.45, 7) is 2.78. The second kappa shape index (κ2) is 1.84. The molecule has 42 valence electrons. The summed E-state index contributed by atoms with van der Waals surface area (Å²) in [4.78, 5) is 10.1. The van der Waals surface area contributed by atoms with E-state index in [-0.39, 0.29) is 0 Å². The quantitative estimate of drug-likeness (QED) is 0.485. The fourth-order valence-electron chi connectivity index (χ4n) is 0. The van der Waals surface area contributed by atoms with Crippen molar-refractivity contribution in [1.29, 1.82) is 0 Å². The Hall–Kier alpha value is -0.0200. The summed E-state index contributed by atoms with van der Waals surface area (Å²) in [7, 11) is 0. The number of aliphatic hydroxyl groups is 1. The van der Waals surface area contributed by atoms with Gasteiger partial charge in [-0.05, 0) is 13.8 Å². The van der Waals surface area contributed by atoms with Crippen LogP contribution in [0.25, 0.3) is 0 Å². The van der Waals surface area contributed by atoms with E-state index in [1.807, 2.05) is 0 Å². The maximum Gasteiger partial charge on any atom is 0.216 e. The maximum absolute atomic E-state index is 10.1. The summed E-state index contributed by atoms with van der Waals surface area (Å²) in [5, 5.41) is 8.16. The lowest BCUT2D eigenvalue weighted by Gasteiger charge is -2.09. The summed E-state index contributed by atoms with van der Waals surface area (Å²) < 4.78 is 0. The van der Waals surface area contributed by atoms with E-state index in [9.17, 15) is 4.79 Å². The van der Waals surface area contributed by atoms with Crippen LogP contribution in [-0.2, 0) is 4.79 Å². The second-order valence-electron chi connectivity index (χ2n) is 1.86. The molecule has 0 aliphatic heterocycles. The molecule has 0 saturated heterocycles. The van der Waals surface area contributed by atoms with E-state index in [0.717, 1.165) is 0 Å². The minimum atomic E-state index is -1.27. The van der Waals surface area contributed by atoms with Crippen molar-refractivity contribution in [1.82, 2.24) is 0 Å². The summed E-state index contributed by atoms with van der Waals surface area (Å²) in [5.41, 5.74) is -1.27. The molecule has 0 radical (unpaired) electrons. The topological polar surface area (TPSA) is 37.3 Å². The predicted molar refractivity (Wildman–Crippen MR) is 30.3 cm³/mol. The Bertz CT molecular complexity index is 82.2. The third kappa shape index (κ3) is 2.65. The average molecular weight is 120 g/mol. The molecule has 7 heavy (non-hydrogen) atoms. The minimum Gasteiger partial charge on any atom is -0.382 e. The van der Waals surface area contributed by atoms with Gasteiger partial charge in [-0.2, -0.15) is 0 Å². The van der Waals surface area contributed by atoms with Crippen molar-refractivity contribution in [3.63, 3.8) is 0 Å². The lowest BCUT2D eigenvalue weighted by Crippen LogP contribution is -2.26. The zero-order valence-electron chi connectivity index (χ0n) is 4.30. The van der Waals surface area contributed by atoms with Crippen LogP contribution in [-0.4, -0.2) is 15.8 Å². The minimum absolute atomic E-state index is 0.507. The van der Waals surface area contributed by atoms with Crippen LogP contribution in [0.15, 0.2) is 0 Å². The molecule has 2 nitrogen and oxygen atoms in total. The van der Waals surface area contributed by atoms with Gasteiger partial charge in [-0.25, -0.2) is 0 Å². The van der Waals surface area contributed by atoms with E-state index in [1.54, 1.807) is 0 Å². The first-order valence-corrected chi connectivity index (χ1v) is 2.35. The fourth-order valence-corrected chi connectivity index (χ4v) is 0. The molecule has 0 aromatic carbocycles. The number of hydrogen-bond donors (Lipinski definition) is 2. The standard InChI is InChI=1S/C4H8O2S/c1-4(2,6)3(5)7/h6H,1-2H3,(H,5,7). The number of rotatable bonds is 1. The van der Waals surface area contributed by atoms with E-state index in [1.165, 1.54) is 13.8 Å². The van der Waals surface area contributed by atoms with Gasteiger partial charge in [0.25, 0.3) is 0 Å². The highest BCUT2D eigenvalue weighted by Crippen LogP contribution is 2.03. The number of carbonyl (C=O) groups is 1. The van der Waals surface area contributed by atoms with E-state index in [4.69, 9.17) is 5.11 Å². The molecule has 3 heteroatoms. The van der Waals surface area contributed by atoms with Gasteiger partial charge < -0.3 is 5.11 Å². The predicted octanol–water partition coefficient (Wildman–Crippen LogP) is 0.214. The van der Waals surface area contributed by atoms with Crippen LogP contribution >= 0.6 is 12.6 Å². The van der Waals surface area contributed by atoms with Crippen LogP contribution in [0.5, 0.6) is 0 Å². The molecule has 0 spiro atoms. The highest BCUT2D eigenvalue weighted by atomic mass is 32.1. The molecule has 0 aliphatic rings. The molecule has 0 unspecified atom stereocenters. The molecule has 0 atom stereocenters. The zero-order valence-corrected chi connectivity index (χ0v) is 5.20. The van der Waals surface area contributed by atoms with Gasteiger partial charge in [0, 0.05) is 0 Å². The summed E-state index contributed by atoms with van der Waals surface area (Å²) in [5.74, 6) is 0. The van der Waals surface area contributed by atoms with Crippen molar-refractivity contribution in [3.8, 4) is 0 Å². The van der Waals surface area contributed by atoms with Gasteiger partial charge in [-0.1, -0.05) is 0 Å². The van der Waals surface area contributed by atoms with Crippen LogP contribution in [0.4, 0.5) is 0 Å². The third-order valence-corrected chi connectivity index (χ3v) is 1.07. The molecule has 0 bridgehead atoms. The van der Waals surface area contributed by atoms with E-state index >= 15 is 0 Å². The van der Waals surface area contributed by atoms with Crippen LogP contribution in [0.3, 0.4) is 0 Å². The monoisotopic (exact) mass is 120 g/mol. The SMILES string of the molecule is CC(C)(O)C(=O)S. The highest BCUT2D eigenvalue weighted by molar-refractivity contribution is 7.96. The van der Waals surface area contributed by atoms with Gasteiger partial charge in [0.15, 0.2) is 0 Å². The van der Waals surface area contributed by atoms with Gasteiger partial charge in [-0.15, -0.1) is 12.6 Å². The first-order valence-electron chi connectivity index (χ1n) is 1.90. The van der Waals surface area contributed by atoms with Crippen molar-refractivity contribution in [2.45, 2.75) is 19.4 Å². The van der Waals surface area contributed by atoms with Gasteiger partial charge >= 0.3 is 0 Å². The Kier molecular flexibility index (Phi) is 1.83. The second-order valence-corrected chi connectivity index (χ2v) is 2.27. The first kappa shape index (κ1) is 6.98. The molecule has 0 aromatic rings. The molecule has 0 rings (SSSR count). The first-order chi connectivity index (χ1) is 2.94. The normalized spacial score (nSPS) is 11.4. The lowest BCUT2D eigenvalue weighted by atomic mass is 10.2. The fraction of sp³-hybridized carbons (Fsp3) is 0.750. The number of carbonyl (C=O) groups excluding carboxylic acids is 1. The van der Waals surface area contributed by atoms with Gasteiger partial charge in [0.1, 0.15) is 5.60 Å². The molecule has 0 aliphatic carbocycles. The Labute approximate surface area is 47.9 Å². The van der Waals surface area contributed by atoms with Crippen molar-refractivity contribution < 1.29 is 9.90 Å². The largest absolute Gasteiger partial charge is 0.382 e. The maximum atomic E-state index is 10.1. The van der Waals surface area contributed by atoms with Crippen LogP contribution in [0.2, 0.25) is 0 Å². The molecular weight excluding hydrogens is 112 g/mol. The zero-order chi connectivity index (χ0) is 6.08. The molecular formula is C4H8O2S. The van der Waals surface area contributed by atoms with Crippen molar-refractivity contribution >= 4 is 17.7 Å². The molecule has 1 N–H and O–H groups in total. The number of thiol groups is 1. The van der Waals surface area contributed by atoms with Crippen molar-refractivity contribution in [2.24, 2.45) is 0 Å². The molecule has 0 fully saturated rings. The van der Waals surface area contributed by atoms with E-state index in [0.29, 0.717) is 0 Å². The highest BCUT2D eigenvalue weighted by Gasteiger charge is 2.18.